The number of aliphatic imine (C=N–C) groups is 1. The summed E-state index contributed by atoms with van der Waals surface area (Å²) in [5, 5.41) is 5.71. The number of hydrogen-bond acceptors (Lipinski definition) is 5. The van der Waals surface area contributed by atoms with Gasteiger partial charge in [0.2, 0.25) is 0 Å². The SMILES string of the molecule is CN1CCN=C1NCC1CCCN(Cc2cccs2)C1.I. The summed E-state index contributed by atoms with van der Waals surface area (Å²) in [6.45, 7) is 6.63. The molecule has 0 spiro atoms. The maximum absolute atomic E-state index is 4.50. The number of likely N-dealkylation sites (N-methyl/N-ethyl adjacent to an activating group) is 1. The van der Waals surface area contributed by atoms with Crippen LogP contribution >= 0.6 is 35.3 Å². The largest absolute Gasteiger partial charge is 0.356 e. The van der Waals surface area contributed by atoms with Crippen LogP contribution in [0, 0.1) is 5.92 Å². The second-order valence-electron chi connectivity index (χ2n) is 5.83. The summed E-state index contributed by atoms with van der Waals surface area (Å²) in [6, 6.07) is 4.39. The van der Waals surface area contributed by atoms with Crippen molar-refractivity contribution >= 4 is 41.3 Å². The first kappa shape index (κ1) is 17.0. The first-order valence-corrected chi connectivity index (χ1v) is 8.43. The predicted molar refractivity (Wildman–Crippen MR) is 101 cm³/mol. The van der Waals surface area contributed by atoms with Crippen molar-refractivity contribution in [3.63, 3.8) is 0 Å². The Hall–Kier alpha value is -0.340. The maximum atomic E-state index is 4.50. The van der Waals surface area contributed by atoms with Crippen LogP contribution in [0.1, 0.15) is 17.7 Å². The molecular formula is C15H25IN4S. The third-order valence-electron chi connectivity index (χ3n) is 4.17. The van der Waals surface area contributed by atoms with E-state index in [-0.39, 0.29) is 24.0 Å². The van der Waals surface area contributed by atoms with E-state index in [1.807, 2.05) is 11.3 Å². The molecule has 1 atom stereocenters. The fourth-order valence-corrected chi connectivity index (χ4v) is 3.79. The Balaban J connectivity index is 0.00000161. The van der Waals surface area contributed by atoms with E-state index in [1.165, 1.54) is 30.8 Å². The number of rotatable bonds is 4. The lowest BCUT2D eigenvalue weighted by Crippen LogP contribution is -2.43. The van der Waals surface area contributed by atoms with Crippen LogP contribution in [0.4, 0.5) is 0 Å². The summed E-state index contributed by atoms with van der Waals surface area (Å²) in [6.07, 6.45) is 2.66. The Morgan fingerprint density at radius 3 is 3.05 bits per heavy atom. The van der Waals surface area contributed by atoms with Crippen LogP contribution in [0.15, 0.2) is 22.5 Å². The van der Waals surface area contributed by atoms with Gasteiger partial charge >= 0.3 is 0 Å². The van der Waals surface area contributed by atoms with E-state index in [2.05, 4.69) is 44.7 Å². The molecule has 118 valence electrons. The minimum Gasteiger partial charge on any atom is -0.356 e. The molecule has 6 heteroatoms. The minimum absolute atomic E-state index is 0. The van der Waals surface area contributed by atoms with Gasteiger partial charge in [-0.2, -0.15) is 0 Å². The van der Waals surface area contributed by atoms with Crippen molar-refractivity contribution in [1.29, 1.82) is 0 Å². The van der Waals surface area contributed by atoms with E-state index in [0.29, 0.717) is 0 Å². The molecule has 1 aromatic rings. The molecule has 1 aromatic heterocycles. The van der Waals surface area contributed by atoms with Crippen LogP contribution in [-0.4, -0.2) is 55.5 Å². The minimum atomic E-state index is 0. The number of nitrogens with zero attached hydrogens (tertiary/aromatic N) is 3. The second kappa shape index (κ2) is 8.33. The third-order valence-corrected chi connectivity index (χ3v) is 5.03. The summed E-state index contributed by atoms with van der Waals surface area (Å²) < 4.78 is 0. The predicted octanol–water partition coefficient (Wildman–Crippen LogP) is 2.47. The molecule has 1 fully saturated rings. The molecule has 0 aromatic carbocycles. The summed E-state index contributed by atoms with van der Waals surface area (Å²) in [5.74, 6) is 1.83. The van der Waals surface area contributed by atoms with Crippen LogP contribution in [0.2, 0.25) is 0 Å². The van der Waals surface area contributed by atoms with Gasteiger partial charge < -0.3 is 10.2 Å². The third kappa shape index (κ3) is 4.82. The van der Waals surface area contributed by atoms with Crippen molar-refractivity contribution in [3.8, 4) is 0 Å². The van der Waals surface area contributed by atoms with Crippen LogP contribution < -0.4 is 5.32 Å². The van der Waals surface area contributed by atoms with E-state index in [0.717, 1.165) is 38.1 Å². The quantitative estimate of drug-likeness (QED) is 0.760. The standard InChI is InChI=1S/C15H24N4S.HI/c1-18-8-6-16-15(18)17-10-13-4-2-7-19(11-13)12-14-5-3-9-20-14;/h3,5,9,13H,2,4,6-8,10-12H2,1H3,(H,16,17);1H. The molecule has 3 rings (SSSR count). The van der Waals surface area contributed by atoms with E-state index in [1.54, 1.807) is 0 Å². The fourth-order valence-electron chi connectivity index (χ4n) is 3.04. The van der Waals surface area contributed by atoms with Crippen LogP contribution in [0.3, 0.4) is 0 Å². The van der Waals surface area contributed by atoms with Gasteiger partial charge in [-0.3, -0.25) is 9.89 Å². The number of nitrogens with one attached hydrogen (secondary N) is 1. The number of halogens is 1. The van der Waals surface area contributed by atoms with Gasteiger partial charge in [-0.15, -0.1) is 35.3 Å². The monoisotopic (exact) mass is 420 g/mol. The van der Waals surface area contributed by atoms with Crippen molar-refractivity contribution in [2.45, 2.75) is 19.4 Å². The molecule has 1 unspecified atom stereocenters. The number of piperidine rings is 1. The molecule has 1 saturated heterocycles. The lowest BCUT2D eigenvalue weighted by atomic mass is 9.98. The van der Waals surface area contributed by atoms with Crippen molar-refractivity contribution < 1.29 is 0 Å². The van der Waals surface area contributed by atoms with Crippen molar-refractivity contribution in [3.05, 3.63) is 22.4 Å². The number of guanidine groups is 1. The van der Waals surface area contributed by atoms with E-state index >= 15 is 0 Å². The Morgan fingerprint density at radius 1 is 1.43 bits per heavy atom. The van der Waals surface area contributed by atoms with Gasteiger partial charge in [-0.25, -0.2) is 0 Å². The molecule has 0 saturated carbocycles. The number of thiophene rings is 1. The summed E-state index contributed by atoms with van der Waals surface area (Å²) in [7, 11) is 2.11. The zero-order valence-corrected chi connectivity index (χ0v) is 15.8. The van der Waals surface area contributed by atoms with Crippen LogP contribution in [0.5, 0.6) is 0 Å². The molecule has 21 heavy (non-hydrogen) atoms. The van der Waals surface area contributed by atoms with E-state index in [9.17, 15) is 0 Å². The average Bonchev–Trinajstić information content (AvgIpc) is 3.09. The molecule has 0 bridgehead atoms. The lowest BCUT2D eigenvalue weighted by molar-refractivity contribution is 0.169. The normalized spacial score (nSPS) is 22.8. The van der Waals surface area contributed by atoms with Crippen molar-refractivity contribution in [2.75, 3.05) is 39.8 Å². The van der Waals surface area contributed by atoms with Gasteiger partial charge in [0, 0.05) is 38.1 Å². The van der Waals surface area contributed by atoms with Gasteiger partial charge in [0.1, 0.15) is 0 Å². The van der Waals surface area contributed by atoms with Crippen LogP contribution in [0.25, 0.3) is 0 Å². The molecule has 3 heterocycles. The summed E-state index contributed by atoms with van der Waals surface area (Å²) >= 11 is 1.87. The van der Waals surface area contributed by atoms with Gasteiger partial charge in [0.05, 0.1) is 6.54 Å². The van der Waals surface area contributed by atoms with Crippen LogP contribution in [-0.2, 0) is 6.54 Å². The number of hydrogen-bond donors (Lipinski definition) is 1. The first-order valence-electron chi connectivity index (χ1n) is 7.55. The summed E-state index contributed by atoms with van der Waals surface area (Å²) in [4.78, 5) is 10.8. The molecule has 0 aliphatic carbocycles. The van der Waals surface area contributed by atoms with E-state index in [4.69, 9.17) is 0 Å². The maximum Gasteiger partial charge on any atom is 0.193 e. The first-order chi connectivity index (χ1) is 9.81. The van der Waals surface area contributed by atoms with Gasteiger partial charge in [-0.05, 0) is 36.8 Å². The average molecular weight is 420 g/mol. The molecular weight excluding hydrogens is 395 g/mol. The molecule has 0 amide bonds. The van der Waals surface area contributed by atoms with Crippen molar-refractivity contribution in [1.82, 2.24) is 15.1 Å². The van der Waals surface area contributed by atoms with Gasteiger partial charge in [-0.1, -0.05) is 6.07 Å². The molecule has 1 N–H and O–H groups in total. The highest BCUT2D eigenvalue weighted by Crippen LogP contribution is 2.20. The summed E-state index contributed by atoms with van der Waals surface area (Å²) in [5.41, 5.74) is 0. The highest BCUT2D eigenvalue weighted by atomic mass is 127. The van der Waals surface area contributed by atoms with Gasteiger partial charge in [0.25, 0.3) is 0 Å². The zero-order valence-electron chi connectivity index (χ0n) is 12.6. The lowest BCUT2D eigenvalue weighted by Gasteiger charge is -2.33. The molecule has 2 aliphatic rings. The van der Waals surface area contributed by atoms with E-state index < -0.39 is 0 Å². The van der Waals surface area contributed by atoms with Crippen molar-refractivity contribution in [2.24, 2.45) is 10.9 Å². The molecule has 0 radical (unpaired) electrons. The highest BCUT2D eigenvalue weighted by molar-refractivity contribution is 14.0. The Kier molecular flexibility index (Phi) is 6.75. The second-order valence-corrected chi connectivity index (χ2v) is 6.86. The Morgan fingerprint density at radius 2 is 2.33 bits per heavy atom. The molecule has 2 aliphatic heterocycles. The molecule has 4 nitrogen and oxygen atoms in total. The number of likely N-dealkylation sites (tertiary alicyclic amines) is 1. The topological polar surface area (TPSA) is 30.9 Å². The smallest absolute Gasteiger partial charge is 0.193 e. The zero-order chi connectivity index (χ0) is 13.8. The Labute approximate surface area is 148 Å². The highest BCUT2D eigenvalue weighted by Gasteiger charge is 2.21. The fraction of sp³-hybridized carbons (Fsp3) is 0.667. The van der Waals surface area contributed by atoms with Gasteiger partial charge in [0.15, 0.2) is 5.96 Å². The Bertz CT molecular complexity index is 449.